The Morgan fingerprint density at radius 3 is 2.47 bits per heavy atom. The number of hydrogen-bond donors (Lipinski definition) is 1. The summed E-state index contributed by atoms with van der Waals surface area (Å²) in [6, 6.07) is 8.85. The average molecular weight is 447 g/mol. The summed E-state index contributed by atoms with van der Waals surface area (Å²) in [5, 5.41) is 4.58. The maximum atomic E-state index is 13.3. The fourth-order valence-corrected chi connectivity index (χ4v) is 4.97. The lowest BCUT2D eigenvalue weighted by atomic mass is 9.67. The van der Waals surface area contributed by atoms with Gasteiger partial charge in [0.1, 0.15) is 5.78 Å². The first kappa shape index (κ1) is 21.0. The quantitative estimate of drug-likeness (QED) is 0.634. The molecule has 5 nitrogen and oxygen atoms in total. The van der Waals surface area contributed by atoms with Gasteiger partial charge in [-0.2, -0.15) is 0 Å². The van der Waals surface area contributed by atoms with Crippen LogP contribution in [0.3, 0.4) is 0 Å². The van der Waals surface area contributed by atoms with E-state index in [2.05, 4.69) is 19.2 Å². The molecule has 0 spiro atoms. The first-order valence-corrected chi connectivity index (χ1v) is 10.6. The van der Waals surface area contributed by atoms with Crippen LogP contribution < -0.4 is 14.8 Å². The largest absolute Gasteiger partial charge is 0.493 e. The van der Waals surface area contributed by atoms with Gasteiger partial charge >= 0.3 is 0 Å². The van der Waals surface area contributed by atoms with E-state index in [1.165, 1.54) is 0 Å². The highest BCUT2D eigenvalue weighted by molar-refractivity contribution is 6.37. The van der Waals surface area contributed by atoms with E-state index in [-0.39, 0.29) is 17.2 Å². The van der Waals surface area contributed by atoms with Crippen molar-refractivity contribution < 1.29 is 14.3 Å². The molecule has 1 saturated carbocycles. The number of anilines is 1. The summed E-state index contributed by atoms with van der Waals surface area (Å²) in [7, 11) is 3.18. The van der Waals surface area contributed by atoms with Crippen molar-refractivity contribution in [1.29, 1.82) is 0 Å². The molecule has 0 amide bonds. The third-order valence-corrected chi connectivity index (χ3v) is 6.31. The number of carbonyl (C=O) groups excluding carboxylic acids is 1. The van der Waals surface area contributed by atoms with Gasteiger partial charge in [-0.25, -0.2) is 4.99 Å². The Balaban J connectivity index is 1.94. The molecule has 7 heteroatoms. The van der Waals surface area contributed by atoms with Crippen LogP contribution in [0, 0.1) is 11.3 Å². The first-order valence-electron chi connectivity index (χ1n) is 9.82. The smallest absolute Gasteiger partial charge is 0.163 e. The molecular formula is C23H24Cl2N2O3. The molecule has 1 aliphatic carbocycles. The van der Waals surface area contributed by atoms with Gasteiger partial charge in [0.05, 0.1) is 42.2 Å². The van der Waals surface area contributed by atoms with Crippen LogP contribution >= 0.6 is 23.2 Å². The molecule has 1 heterocycles. The molecule has 1 aliphatic heterocycles. The lowest BCUT2D eigenvalue weighted by molar-refractivity contribution is -0.125. The number of nitrogens with one attached hydrogen (secondary N) is 1. The summed E-state index contributed by atoms with van der Waals surface area (Å²) in [4.78, 5) is 18.3. The summed E-state index contributed by atoms with van der Waals surface area (Å²) in [5.74, 6) is 0.908. The molecule has 0 saturated heterocycles. The van der Waals surface area contributed by atoms with Gasteiger partial charge in [-0.1, -0.05) is 43.1 Å². The minimum atomic E-state index is -0.416. The Labute approximate surface area is 186 Å². The van der Waals surface area contributed by atoms with Crippen LogP contribution in [0.25, 0.3) is 0 Å². The van der Waals surface area contributed by atoms with Gasteiger partial charge in [-0.3, -0.25) is 4.79 Å². The summed E-state index contributed by atoms with van der Waals surface area (Å²) >= 11 is 12.7. The number of Topliss-reactive ketones (excluding diaryl/α,β-unsaturated/α-hetero) is 1. The van der Waals surface area contributed by atoms with Crippen molar-refractivity contribution in [3.8, 4) is 11.5 Å². The number of methoxy groups -OCH3 is 2. The molecular weight excluding hydrogens is 423 g/mol. The highest BCUT2D eigenvalue weighted by Gasteiger charge is 2.45. The summed E-state index contributed by atoms with van der Waals surface area (Å²) in [6.07, 6.45) is 1.31. The third-order valence-electron chi connectivity index (χ3n) is 5.76. The van der Waals surface area contributed by atoms with Crippen molar-refractivity contribution in [1.82, 2.24) is 0 Å². The Bertz CT molecular complexity index is 1050. The average Bonchev–Trinajstić information content (AvgIpc) is 2.81. The van der Waals surface area contributed by atoms with Crippen LogP contribution in [0.2, 0.25) is 10.0 Å². The number of carbonyl (C=O) groups is 1. The number of ether oxygens (including phenoxy) is 2. The van der Waals surface area contributed by atoms with Crippen LogP contribution in [0.15, 0.2) is 35.3 Å². The molecule has 2 aromatic rings. The van der Waals surface area contributed by atoms with Crippen molar-refractivity contribution in [2.24, 2.45) is 16.3 Å². The summed E-state index contributed by atoms with van der Waals surface area (Å²) in [5.41, 5.74) is 2.73. The molecule has 2 aromatic carbocycles. The number of rotatable bonds is 3. The van der Waals surface area contributed by atoms with E-state index in [4.69, 9.17) is 37.7 Å². The molecule has 1 fully saturated rings. The van der Waals surface area contributed by atoms with Gasteiger partial charge in [0.25, 0.3) is 0 Å². The Morgan fingerprint density at radius 1 is 1.10 bits per heavy atom. The van der Waals surface area contributed by atoms with Crippen LogP contribution in [-0.2, 0) is 4.79 Å². The molecule has 0 bridgehead atoms. The first-order chi connectivity index (χ1) is 14.2. The fourth-order valence-electron chi connectivity index (χ4n) is 4.47. The van der Waals surface area contributed by atoms with Crippen molar-refractivity contribution >= 4 is 46.1 Å². The Morgan fingerprint density at radius 2 is 1.80 bits per heavy atom. The summed E-state index contributed by atoms with van der Waals surface area (Å²) < 4.78 is 10.9. The van der Waals surface area contributed by atoms with Gasteiger partial charge < -0.3 is 14.8 Å². The van der Waals surface area contributed by atoms with E-state index < -0.39 is 5.92 Å². The summed E-state index contributed by atoms with van der Waals surface area (Å²) in [6.45, 7) is 4.24. The molecule has 0 radical (unpaired) electrons. The normalized spacial score (nSPS) is 22.2. The standard InChI is InChI=1S/C23H24Cl2N2O3/c1-23(2)10-17-21(18(28)11-23)22(13-6-5-12(24)7-14(13)25)27-16-9-20(30-4)19(29-3)8-15(16)26-17/h5-9,17,21,26H,10-11H2,1-4H3. The lowest BCUT2D eigenvalue weighted by Gasteiger charge is -2.40. The Hall–Kier alpha value is -2.24. The maximum absolute atomic E-state index is 13.3. The molecule has 158 valence electrons. The number of halogens is 2. The molecule has 30 heavy (non-hydrogen) atoms. The minimum absolute atomic E-state index is 0.110. The van der Waals surface area contributed by atoms with Crippen molar-refractivity contribution in [3.63, 3.8) is 0 Å². The monoisotopic (exact) mass is 446 g/mol. The SMILES string of the molecule is COc1cc2c(cc1OC)NC1CC(C)(C)CC(=O)C1C(c1ccc(Cl)cc1Cl)=N2. The molecule has 1 N–H and O–H groups in total. The van der Waals surface area contributed by atoms with Gasteiger partial charge in [-0.15, -0.1) is 0 Å². The minimum Gasteiger partial charge on any atom is -0.493 e. The van der Waals surface area contributed by atoms with Crippen LogP contribution in [0.5, 0.6) is 11.5 Å². The number of aliphatic imine (C=N–C) groups is 1. The van der Waals surface area contributed by atoms with Crippen LogP contribution in [0.4, 0.5) is 11.4 Å². The van der Waals surface area contributed by atoms with E-state index >= 15 is 0 Å². The van der Waals surface area contributed by atoms with E-state index in [1.54, 1.807) is 26.4 Å². The zero-order valence-electron chi connectivity index (χ0n) is 17.4. The number of nitrogens with zero attached hydrogens (tertiary/aromatic N) is 1. The number of benzene rings is 2. The number of ketones is 1. The third kappa shape index (κ3) is 3.77. The van der Waals surface area contributed by atoms with Gasteiger partial charge in [0.2, 0.25) is 0 Å². The van der Waals surface area contributed by atoms with E-state index in [0.29, 0.717) is 44.9 Å². The Kier molecular flexibility index (Phi) is 5.45. The van der Waals surface area contributed by atoms with Gasteiger partial charge in [-0.05, 0) is 24.0 Å². The molecule has 2 aliphatic rings. The fraction of sp³-hybridized carbons (Fsp3) is 0.391. The van der Waals surface area contributed by atoms with Crippen LogP contribution in [0.1, 0.15) is 32.3 Å². The van der Waals surface area contributed by atoms with Crippen molar-refractivity contribution in [2.45, 2.75) is 32.7 Å². The van der Waals surface area contributed by atoms with Crippen molar-refractivity contribution in [2.75, 3.05) is 19.5 Å². The van der Waals surface area contributed by atoms with Gasteiger partial charge in [0, 0.05) is 35.2 Å². The second-order valence-electron chi connectivity index (χ2n) is 8.59. The molecule has 2 unspecified atom stereocenters. The second-order valence-corrected chi connectivity index (χ2v) is 9.43. The highest BCUT2D eigenvalue weighted by Crippen LogP contribution is 2.46. The topological polar surface area (TPSA) is 59.9 Å². The second kappa shape index (κ2) is 7.78. The number of fused-ring (bicyclic) bond motifs is 2. The van der Waals surface area contributed by atoms with Crippen LogP contribution in [-0.4, -0.2) is 31.8 Å². The van der Waals surface area contributed by atoms with E-state index in [0.717, 1.165) is 12.1 Å². The van der Waals surface area contributed by atoms with Crippen molar-refractivity contribution in [3.05, 3.63) is 45.9 Å². The lowest BCUT2D eigenvalue weighted by Crippen LogP contribution is -2.48. The molecule has 0 aromatic heterocycles. The van der Waals surface area contributed by atoms with Gasteiger partial charge in [0.15, 0.2) is 11.5 Å². The molecule has 4 rings (SSSR count). The molecule has 2 atom stereocenters. The zero-order valence-corrected chi connectivity index (χ0v) is 18.9. The van der Waals surface area contributed by atoms with E-state index in [9.17, 15) is 4.79 Å². The maximum Gasteiger partial charge on any atom is 0.163 e. The predicted molar refractivity (Wildman–Crippen MR) is 121 cm³/mol. The highest BCUT2D eigenvalue weighted by atomic mass is 35.5. The van der Waals surface area contributed by atoms with E-state index in [1.807, 2.05) is 18.2 Å². The number of hydrogen-bond acceptors (Lipinski definition) is 5. The zero-order chi connectivity index (χ0) is 21.6. The predicted octanol–water partition coefficient (Wildman–Crippen LogP) is 5.93.